The number of carbonyl (C=O) groups excluding carboxylic acids is 1. The SMILES string of the molecule is COc1cc(C)c(C(=O)NCC(C)(C)N)cc1OC.Cl. The van der Waals surface area contributed by atoms with Crippen molar-refractivity contribution >= 4 is 18.3 Å². The monoisotopic (exact) mass is 302 g/mol. The summed E-state index contributed by atoms with van der Waals surface area (Å²) in [6, 6.07) is 3.45. The number of nitrogens with one attached hydrogen (secondary N) is 1. The topological polar surface area (TPSA) is 73.6 Å². The van der Waals surface area contributed by atoms with E-state index in [-0.39, 0.29) is 18.3 Å². The van der Waals surface area contributed by atoms with Gasteiger partial charge < -0.3 is 20.5 Å². The Morgan fingerprint density at radius 2 is 1.75 bits per heavy atom. The first-order valence-electron chi connectivity index (χ1n) is 6.08. The van der Waals surface area contributed by atoms with Crippen LogP contribution in [0.1, 0.15) is 29.8 Å². The predicted octanol–water partition coefficient (Wildman–Crippen LogP) is 1.90. The van der Waals surface area contributed by atoms with Crippen LogP contribution in [0.2, 0.25) is 0 Å². The van der Waals surface area contributed by atoms with E-state index in [9.17, 15) is 4.79 Å². The Morgan fingerprint density at radius 1 is 1.25 bits per heavy atom. The van der Waals surface area contributed by atoms with Crippen molar-refractivity contribution in [2.45, 2.75) is 26.3 Å². The number of nitrogens with two attached hydrogens (primary N) is 1. The molecule has 0 atom stereocenters. The molecule has 1 aromatic carbocycles. The largest absolute Gasteiger partial charge is 0.493 e. The number of halogens is 1. The summed E-state index contributed by atoms with van der Waals surface area (Å²) in [4.78, 5) is 12.1. The Bertz CT molecular complexity index is 470. The zero-order valence-electron chi connectivity index (χ0n) is 12.6. The number of aryl methyl sites for hydroxylation is 1. The lowest BCUT2D eigenvalue weighted by molar-refractivity contribution is 0.0945. The van der Waals surface area contributed by atoms with Gasteiger partial charge in [0.05, 0.1) is 14.2 Å². The number of methoxy groups -OCH3 is 2. The molecule has 0 radical (unpaired) electrons. The number of ether oxygens (including phenoxy) is 2. The van der Waals surface area contributed by atoms with Crippen molar-refractivity contribution in [1.82, 2.24) is 5.32 Å². The Hall–Kier alpha value is -1.46. The van der Waals surface area contributed by atoms with Crippen LogP contribution in [-0.4, -0.2) is 32.2 Å². The molecule has 0 saturated carbocycles. The molecule has 3 N–H and O–H groups in total. The summed E-state index contributed by atoms with van der Waals surface area (Å²) in [6.45, 7) is 5.97. The molecular weight excluding hydrogens is 280 g/mol. The molecule has 1 aromatic rings. The van der Waals surface area contributed by atoms with Crippen LogP contribution in [-0.2, 0) is 0 Å². The maximum Gasteiger partial charge on any atom is 0.251 e. The quantitative estimate of drug-likeness (QED) is 0.871. The second kappa shape index (κ2) is 7.36. The molecule has 0 saturated heterocycles. The van der Waals surface area contributed by atoms with Crippen molar-refractivity contribution in [2.75, 3.05) is 20.8 Å². The minimum absolute atomic E-state index is 0. The molecule has 0 aromatic heterocycles. The maximum absolute atomic E-state index is 12.1. The number of hydrogen-bond donors (Lipinski definition) is 2. The van der Waals surface area contributed by atoms with Gasteiger partial charge in [-0.2, -0.15) is 0 Å². The summed E-state index contributed by atoms with van der Waals surface area (Å²) < 4.78 is 10.4. The number of carbonyl (C=O) groups is 1. The van der Waals surface area contributed by atoms with Gasteiger partial charge in [-0.25, -0.2) is 0 Å². The molecule has 0 fully saturated rings. The highest BCUT2D eigenvalue weighted by atomic mass is 35.5. The zero-order valence-corrected chi connectivity index (χ0v) is 13.4. The Balaban J connectivity index is 0.00000361. The first kappa shape index (κ1) is 18.5. The van der Waals surface area contributed by atoms with E-state index in [1.807, 2.05) is 20.8 Å². The third-order valence-corrected chi connectivity index (χ3v) is 2.68. The number of amides is 1. The third-order valence-electron chi connectivity index (χ3n) is 2.68. The molecule has 5 nitrogen and oxygen atoms in total. The van der Waals surface area contributed by atoms with E-state index in [2.05, 4.69) is 5.32 Å². The minimum Gasteiger partial charge on any atom is -0.493 e. The Labute approximate surface area is 126 Å². The summed E-state index contributed by atoms with van der Waals surface area (Å²) in [7, 11) is 3.10. The van der Waals surface area contributed by atoms with Crippen molar-refractivity contribution in [3.05, 3.63) is 23.3 Å². The van der Waals surface area contributed by atoms with Crippen LogP contribution in [0.15, 0.2) is 12.1 Å². The van der Waals surface area contributed by atoms with Gasteiger partial charge >= 0.3 is 0 Å². The fourth-order valence-electron chi connectivity index (χ4n) is 1.63. The standard InChI is InChI=1S/C14H22N2O3.ClH/c1-9-6-11(18-4)12(19-5)7-10(9)13(17)16-8-14(2,3)15;/h6-7H,8,15H2,1-5H3,(H,16,17);1H. The Kier molecular flexibility index (Phi) is 6.82. The molecule has 0 bridgehead atoms. The van der Waals surface area contributed by atoms with Gasteiger partial charge in [-0.15, -0.1) is 12.4 Å². The fraction of sp³-hybridized carbons (Fsp3) is 0.500. The molecule has 0 spiro atoms. The predicted molar refractivity (Wildman–Crippen MR) is 82.1 cm³/mol. The smallest absolute Gasteiger partial charge is 0.251 e. The first-order chi connectivity index (χ1) is 8.78. The van der Waals surface area contributed by atoms with Gasteiger partial charge in [0.1, 0.15) is 0 Å². The van der Waals surface area contributed by atoms with Gasteiger partial charge in [0, 0.05) is 17.6 Å². The highest BCUT2D eigenvalue weighted by Gasteiger charge is 2.17. The lowest BCUT2D eigenvalue weighted by atomic mass is 10.0. The fourth-order valence-corrected chi connectivity index (χ4v) is 1.63. The molecular formula is C14H23ClN2O3. The lowest BCUT2D eigenvalue weighted by Gasteiger charge is -2.19. The molecule has 6 heteroatoms. The van der Waals surface area contributed by atoms with Crippen LogP contribution >= 0.6 is 12.4 Å². The van der Waals surface area contributed by atoms with Crippen LogP contribution in [0, 0.1) is 6.92 Å². The van der Waals surface area contributed by atoms with E-state index in [4.69, 9.17) is 15.2 Å². The van der Waals surface area contributed by atoms with Crippen molar-refractivity contribution in [1.29, 1.82) is 0 Å². The average Bonchev–Trinajstić information content (AvgIpc) is 2.34. The van der Waals surface area contributed by atoms with Crippen molar-refractivity contribution in [2.24, 2.45) is 5.73 Å². The van der Waals surface area contributed by atoms with Gasteiger partial charge in [-0.05, 0) is 38.5 Å². The third kappa shape index (κ3) is 4.90. The highest BCUT2D eigenvalue weighted by molar-refractivity contribution is 5.96. The summed E-state index contributed by atoms with van der Waals surface area (Å²) in [5.41, 5.74) is 6.78. The van der Waals surface area contributed by atoms with Crippen LogP contribution < -0.4 is 20.5 Å². The molecule has 0 unspecified atom stereocenters. The van der Waals surface area contributed by atoms with Crippen molar-refractivity contribution < 1.29 is 14.3 Å². The summed E-state index contributed by atoms with van der Waals surface area (Å²) in [6.07, 6.45) is 0. The number of rotatable bonds is 5. The van der Waals surface area contributed by atoms with Crippen molar-refractivity contribution in [3.63, 3.8) is 0 Å². The van der Waals surface area contributed by atoms with Gasteiger partial charge in [0.25, 0.3) is 5.91 Å². The van der Waals surface area contributed by atoms with Gasteiger partial charge in [-0.1, -0.05) is 0 Å². The second-order valence-corrected chi connectivity index (χ2v) is 5.19. The van der Waals surface area contributed by atoms with E-state index in [1.54, 1.807) is 19.2 Å². The molecule has 1 rings (SSSR count). The first-order valence-corrected chi connectivity index (χ1v) is 6.08. The van der Waals surface area contributed by atoms with Crippen molar-refractivity contribution in [3.8, 4) is 11.5 Å². The summed E-state index contributed by atoms with van der Waals surface area (Å²) in [5.74, 6) is 0.970. The number of hydrogen-bond acceptors (Lipinski definition) is 4. The zero-order chi connectivity index (χ0) is 14.6. The second-order valence-electron chi connectivity index (χ2n) is 5.19. The summed E-state index contributed by atoms with van der Waals surface area (Å²) >= 11 is 0. The summed E-state index contributed by atoms with van der Waals surface area (Å²) in [5, 5.41) is 2.81. The van der Waals surface area contributed by atoms with E-state index in [0.29, 0.717) is 23.6 Å². The van der Waals surface area contributed by atoms with E-state index < -0.39 is 5.54 Å². The van der Waals surface area contributed by atoms with Gasteiger partial charge in [-0.3, -0.25) is 4.79 Å². The Morgan fingerprint density at radius 3 is 2.20 bits per heavy atom. The molecule has 0 heterocycles. The average molecular weight is 303 g/mol. The van der Waals surface area contributed by atoms with Crippen LogP contribution in [0.5, 0.6) is 11.5 Å². The normalized spacial score (nSPS) is 10.5. The van der Waals surface area contributed by atoms with E-state index in [0.717, 1.165) is 5.56 Å². The molecule has 0 aliphatic heterocycles. The molecule has 20 heavy (non-hydrogen) atoms. The maximum atomic E-state index is 12.1. The van der Waals surface area contributed by atoms with Gasteiger partial charge in [0.2, 0.25) is 0 Å². The molecule has 0 aliphatic carbocycles. The van der Waals surface area contributed by atoms with Crippen LogP contribution in [0.25, 0.3) is 0 Å². The lowest BCUT2D eigenvalue weighted by Crippen LogP contribution is -2.45. The number of benzene rings is 1. The molecule has 114 valence electrons. The van der Waals surface area contributed by atoms with E-state index >= 15 is 0 Å². The highest BCUT2D eigenvalue weighted by Crippen LogP contribution is 2.30. The molecule has 0 aliphatic rings. The minimum atomic E-state index is -0.444. The molecule has 1 amide bonds. The van der Waals surface area contributed by atoms with Crippen LogP contribution in [0.3, 0.4) is 0 Å². The van der Waals surface area contributed by atoms with Gasteiger partial charge in [0.15, 0.2) is 11.5 Å². The van der Waals surface area contributed by atoms with Crippen LogP contribution in [0.4, 0.5) is 0 Å². The van der Waals surface area contributed by atoms with E-state index in [1.165, 1.54) is 7.11 Å².